The fraction of sp³-hybridized carbons (Fsp3) is 0.500. The predicted molar refractivity (Wildman–Crippen MR) is 110 cm³/mol. The summed E-state index contributed by atoms with van der Waals surface area (Å²) in [6.45, 7) is 3.30. The molecule has 1 saturated heterocycles. The molecule has 5 heteroatoms. The van der Waals surface area contributed by atoms with Crippen LogP contribution in [-0.4, -0.2) is 23.7 Å². The van der Waals surface area contributed by atoms with Crippen molar-refractivity contribution in [3.8, 4) is 0 Å². The van der Waals surface area contributed by atoms with E-state index in [1.165, 1.54) is 4.88 Å². The Morgan fingerprint density at radius 1 is 1.26 bits per heavy atom. The summed E-state index contributed by atoms with van der Waals surface area (Å²) in [5, 5.41) is 12.4. The van der Waals surface area contributed by atoms with Gasteiger partial charge in [-0.05, 0) is 42.0 Å². The molecule has 2 atom stereocenters. The van der Waals surface area contributed by atoms with E-state index in [0.29, 0.717) is 19.6 Å². The molecule has 2 heterocycles. The van der Waals surface area contributed by atoms with Gasteiger partial charge in [0.1, 0.15) is 0 Å². The molecule has 2 unspecified atom stereocenters. The molecular formula is C22H29NO3S. The summed E-state index contributed by atoms with van der Waals surface area (Å²) in [5.41, 5.74) is 1.82. The van der Waals surface area contributed by atoms with Crippen molar-refractivity contribution in [2.24, 2.45) is 0 Å². The Morgan fingerprint density at radius 2 is 2.07 bits per heavy atom. The summed E-state index contributed by atoms with van der Waals surface area (Å²) in [6, 6.07) is 12.0. The molecule has 1 amide bonds. The van der Waals surface area contributed by atoms with Gasteiger partial charge in [0.15, 0.2) is 0 Å². The highest BCUT2D eigenvalue weighted by Crippen LogP contribution is 2.29. The van der Waals surface area contributed by atoms with Crippen molar-refractivity contribution >= 4 is 22.9 Å². The number of nitrogens with zero attached hydrogens (tertiary/aromatic N) is 1. The minimum atomic E-state index is -0.426. The normalized spacial score (nSPS) is 18.2. The molecule has 1 aromatic heterocycles. The van der Waals surface area contributed by atoms with Crippen molar-refractivity contribution in [1.29, 1.82) is 0 Å². The summed E-state index contributed by atoms with van der Waals surface area (Å²) in [4.78, 5) is 15.5. The second kappa shape index (κ2) is 10.0. The fourth-order valence-electron chi connectivity index (χ4n) is 3.56. The summed E-state index contributed by atoms with van der Waals surface area (Å²) < 4.78 is 5.86. The average molecular weight is 388 g/mol. The number of rotatable bonds is 10. The van der Waals surface area contributed by atoms with Crippen LogP contribution in [0.15, 0.2) is 41.8 Å². The minimum Gasteiger partial charge on any atom is -0.388 e. The van der Waals surface area contributed by atoms with Gasteiger partial charge in [-0.15, -0.1) is 11.3 Å². The Hall–Kier alpha value is -1.69. The van der Waals surface area contributed by atoms with Crippen LogP contribution in [0.5, 0.6) is 0 Å². The maximum absolute atomic E-state index is 12.4. The van der Waals surface area contributed by atoms with Crippen molar-refractivity contribution in [3.63, 3.8) is 0 Å². The second-order valence-corrected chi connectivity index (χ2v) is 8.19. The van der Waals surface area contributed by atoms with Gasteiger partial charge >= 0.3 is 0 Å². The smallest absolute Gasteiger partial charge is 0.227 e. The molecule has 1 fully saturated rings. The fourth-order valence-corrected chi connectivity index (χ4v) is 4.20. The Labute approximate surface area is 165 Å². The first-order chi connectivity index (χ1) is 13.2. The zero-order chi connectivity index (χ0) is 19.1. The van der Waals surface area contributed by atoms with Gasteiger partial charge in [0.05, 0.1) is 25.4 Å². The van der Waals surface area contributed by atoms with Crippen LogP contribution in [-0.2, 0) is 16.1 Å². The van der Waals surface area contributed by atoms with Gasteiger partial charge < -0.3 is 14.7 Å². The molecule has 0 saturated carbocycles. The molecule has 4 nitrogen and oxygen atoms in total. The molecule has 0 bridgehead atoms. The molecule has 0 spiro atoms. The highest BCUT2D eigenvalue weighted by atomic mass is 32.1. The van der Waals surface area contributed by atoms with Crippen molar-refractivity contribution in [2.75, 3.05) is 11.5 Å². The van der Waals surface area contributed by atoms with Crippen LogP contribution >= 0.6 is 11.3 Å². The molecular weight excluding hydrogens is 358 g/mol. The summed E-state index contributed by atoms with van der Waals surface area (Å²) in [6.07, 6.45) is 5.08. The van der Waals surface area contributed by atoms with Gasteiger partial charge in [-0.2, -0.15) is 0 Å². The van der Waals surface area contributed by atoms with E-state index in [2.05, 4.69) is 13.0 Å². The molecule has 0 aliphatic carbocycles. The Balaban J connectivity index is 1.58. The van der Waals surface area contributed by atoms with Crippen LogP contribution in [0.4, 0.5) is 5.69 Å². The lowest BCUT2D eigenvalue weighted by atomic mass is 10.0. The van der Waals surface area contributed by atoms with E-state index in [9.17, 15) is 9.90 Å². The van der Waals surface area contributed by atoms with E-state index < -0.39 is 6.10 Å². The van der Waals surface area contributed by atoms with E-state index in [1.54, 1.807) is 11.3 Å². The van der Waals surface area contributed by atoms with Crippen molar-refractivity contribution in [2.45, 2.75) is 64.2 Å². The number of amides is 1. The van der Waals surface area contributed by atoms with Crippen LogP contribution in [0.1, 0.15) is 62.0 Å². The first-order valence-electron chi connectivity index (χ1n) is 9.89. The van der Waals surface area contributed by atoms with Crippen molar-refractivity contribution in [3.05, 3.63) is 52.2 Å². The first kappa shape index (κ1) is 20.1. The van der Waals surface area contributed by atoms with Crippen LogP contribution in [0, 0.1) is 0 Å². The van der Waals surface area contributed by atoms with Crippen LogP contribution in [0.3, 0.4) is 0 Å². The minimum absolute atomic E-state index is 0.0813. The van der Waals surface area contributed by atoms with Crippen LogP contribution < -0.4 is 4.90 Å². The van der Waals surface area contributed by atoms with E-state index in [-0.39, 0.29) is 11.9 Å². The number of aliphatic hydroxyl groups excluding tert-OH is 1. The first-order valence-corrected chi connectivity index (χ1v) is 10.8. The van der Waals surface area contributed by atoms with Gasteiger partial charge in [0, 0.05) is 17.0 Å². The standard InChI is InChI=1S/C22H29NO3S/c1-2-3-4-7-21(24)17-8-10-18(11-9-17)23-19(12-13-22(23)25)15-26-16-20-6-5-14-27-20/h5-6,8-11,14,19,21,24H,2-4,7,12-13,15-16H2,1H3. The van der Waals surface area contributed by atoms with E-state index >= 15 is 0 Å². The number of hydrogen-bond donors (Lipinski definition) is 1. The van der Waals surface area contributed by atoms with Gasteiger partial charge in [-0.3, -0.25) is 4.79 Å². The Kier molecular flexibility index (Phi) is 7.44. The lowest BCUT2D eigenvalue weighted by Gasteiger charge is -2.25. The van der Waals surface area contributed by atoms with E-state index in [4.69, 9.17) is 4.74 Å². The van der Waals surface area contributed by atoms with E-state index in [0.717, 1.165) is 43.4 Å². The van der Waals surface area contributed by atoms with Crippen molar-refractivity contribution < 1.29 is 14.6 Å². The molecule has 146 valence electrons. The molecule has 1 N–H and O–H groups in total. The Bertz CT molecular complexity index is 699. The maximum Gasteiger partial charge on any atom is 0.227 e. The molecule has 2 aromatic rings. The predicted octanol–water partition coefficient (Wildman–Crippen LogP) is 5.07. The third kappa shape index (κ3) is 5.41. The topological polar surface area (TPSA) is 49.8 Å². The zero-order valence-corrected chi connectivity index (χ0v) is 16.8. The second-order valence-electron chi connectivity index (χ2n) is 7.15. The van der Waals surface area contributed by atoms with Crippen LogP contribution in [0.25, 0.3) is 0 Å². The number of anilines is 1. The van der Waals surface area contributed by atoms with Gasteiger partial charge in [-0.1, -0.05) is 44.4 Å². The molecule has 1 aliphatic rings. The monoisotopic (exact) mass is 387 g/mol. The largest absolute Gasteiger partial charge is 0.388 e. The molecule has 0 radical (unpaired) electrons. The lowest BCUT2D eigenvalue weighted by molar-refractivity contribution is -0.117. The summed E-state index contributed by atoms with van der Waals surface area (Å²) in [5.74, 6) is 0.149. The van der Waals surface area contributed by atoms with Gasteiger partial charge in [0.25, 0.3) is 0 Å². The summed E-state index contributed by atoms with van der Waals surface area (Å²) >= 11 is 1.69. The number of carbonyl (C=O) groups is 1. The van der Waals surface area contributed by atoms with Gasteiger partial charge in [0.2, 0.25) is 5.91 Å². The third-order valence-electron chi connectivity index (χ3n) is 5.10. The Morgan fingerprint density at radius 3 is 2.78 bits per heavy atom. The number of aliphatic hydroxyl groups is 1. The number of unbranched alkanes of at least 4 members (excludes halogenated alkanes) is 2. The number of hydrogen-bond acceptors (Lipinski definition) is 4. The number of carbonyl (C=O) groups excluding carboxylic acids is 1. The highest BCUT2D eigenvalue weighted by Gasteiger charge is 2.32. The summed E-state index contributed by atoms with van der Waals surface area (Å²) in [7, 11) is 0. The number of benzene rings is 1. The number of ether oxygens (including phenoxy) is 1. The molecule has 27 heavy (non-hydrogen) atoms. The average Bonchev–Trinajstić information content (AvgIpc) is 3.32. The van der Waals surface area contributed by atoms with Gasteiger partial charge in [-0.25, -0.2) is 0 Å². The molecule has 3 rings (SSSR count). The molecule has 1 aliphatic heterocycles. The SMILES string of the molecule is CCCCCC(O)c1ccc(N2C(=O)CCC2COCc2cccs2)cc1. The zero-order valence-electron chi connectivity index (χ0n) is 16.0. The highest BCUT2D eigenvalue weighted by molar-refractivity contribution is 7.09. The number of thiophene rings is 1. The molecule has 1 aromatic carbocycles. The lowest BCUT2D eigenvalue weighted by Crippen LogP contribution is -2.36. The van der Waals surface area contributed by atoms with Crippen molar-refractivity contribution in [1.82, 2.24) is 0 Å². The van der Waals surface area contributed by atoms with Crippen LogP contribution in [0.2, 0.25) is 0 Å². The quantitative estimate of drug-likeness (QED) is 0.579. The third-order valence-corrected chi connectivity index (χ3v) is 5.95. The maximum atomic E-state index is 12.4. The van der Waals surface area contributed by atoms with E-state index in [1.807, 2.05) is 40.6 Å².